The molecule has 0 saturated carbocycles. The summed E-state index contributed by atoms with van der Waals surface area (Å²) in [5, 5.41) is 12.7. The van der Waals surface area contributed by atoms with E-state index in [2.05, 4.69) is 10.3 Å². The first kappa shape index (κ1) is 12.8. The number of pyridine rings is 1. The molecule has 0 spiro atoms. The third-order valence-electron chi connectivity index (χ3n) is 1.82. The fraction of sp³-hybridized carbons (Fsp3) is 0.583. The van der Waals surface area contributed by atoms with Gasteiger partial charge in [0.1, 0.15) is 0 Å². The molecular formula is C12H20N2O2. The molecule has 0 fully saturated rings. The second-order valence-electron chi connectivity index (χ2n) is 4.68. The van der Waals surface area contributed by atoms with Gasteiger partial charge < -0.3 is 15.2 Å². The molecule has 0 aliphatic heterocycles. The van der Waals surface area contributed by atoms with Gasteiger partial charge in [-0.25, -0.2) is 4.98 Å². The average molecular weight is 224 g/mol. The fourth-order valence-electron chi connectivity index (χ4n) is 1.17. The van der Waals surface area contributed by atoms with Crippen LogP contribution in [-0.2, 0) is 0 Å². The van der Waals surface area contributed by atoms with Gasteiger partial charge in [0.15, 0.2) is 11.6 Å². The molecule has 90 valence electrons. The predicted octanol–water partition coefficient (Wildman–Crippen LogP) is 2.05. The van der Waals surface area contributed by atoms with Crippen molar-refractivity contribution in [3.05, 3.63) is 18.3 Å². The summed E-state index contributed by atoms with van der Waals surface area (Å²) < 4.78 is 5.60. The van der Waals surface area contributed by atoms with Crippen LogP contribution in [0.3, 0.4) is 0 Å². The van der Waals surface area contributed by atoms with Crippen molar-refractivity contribution in [1.29, 1.82) is 0 Å². The quantitative estimate of drug-likeness (QED) is 0.803. The van der Waals surface area contributed by atoms with Gasteiger partial charge in [-0.3, -0.25) is 0 Å². The number of ether oxygens (including phenoxy) is 1. The van der Waals surface area contributed by atoms with E-state index in [9.17, 15) is 5.11 Å². The predicted molar refractivity (Wildman–Crippen MR) is 64.8 cm³/mol. The Morgan fingerprint density at radius 3 is 2.75 bits per heavy atom. The van der Waals surface area contributed by atoms with E-state index in [1.807, 2.05) is 26.0 Å². The smallest absolute Gasteiger partial charge is 0.168 e. The number of aromatic nitrogens is 1. The van der Waals surface area contributed by atoms with Crippen LogP contribution >= 0.6 is 0 Å². The van der Waals surface area contributed by atoms with Gasteiger partial charge in [-0.1, -0.05) is 0 Å². The van der Waals surface area contributed by atoms with Crippen LogP contribution in [-0.4, -0.2) is 28.3 Å². The summed E-state index contributed by atoms with van der Waals surface area (Å²) in [4.78, 5) is 4.19. The summed E-state index contributed by atoms with van der Waals surface area (Å²) in [5.41, 5.74) is -0.771. The Hall–Kier alpha value is -1.29. The normalized spacial score (nSPS) is 11.6. The zero-order chi connectivity index (χ0) is 12.2. The molecule has 1 aromatic heterocycles. The lowest BCUT2D eigenvalue weighted by Gasteiger charge is -2.20. The van der Waals surface area contributed by atoms with Gasteiger partial charge in [0, 0.05) is 12.7 Å². The van der Waals surface area contributed by atoms with Crippen molar-refractivity contribution in [2.75, 3.05) is 11.9 Å². The number of hydrogen-bond acceptors (Lipinski definition) is 4. The van der Waals surface area contributed by atoms with Crippen molar-refractivity contribution in [1.82, 2.24) is 4.98 Å². The van der Waals surface area contributed by atoms with Crippen LogP contribution in [0.25, 0.3) is 0 Å². The molecule has 0 unspecified atom stereocenters. The van der Waals surface area contributed by atoms with Gasteiger partial charge in [0.25, 0.3) is 0 Å². The van der Waals surface area contributed by atoms with Gasteiger partial charge in [0.05, 0.1) is 11.7 Å². The maximum absolute atomic E-state index is 9.62. The molecule has 0 bridgehead atoms. The minimum atomic E-state index is -0.771. The number of anilines is 1. The summed E-state index contributed by atoms with van der Waals surface area (Å²) >= 11 is 0. The lowest BCUT2D eigenvalue weighted by molar-refractivity contribution is 0.0943. The first-order valence-electron chi connectivity index (χ1n) is 5.46. The number of rotatable bonds is 5. The number of aliphatic hydroxyl groups is 1. The van der Waals surface area contributed by atoms with Gasteiger partial charge in [-0.05, 0) is 39.8 Å². The van der Waals surface area contributed by atoms with Crippen LogP contribution in [0.15, 0.2) is 18.3 Å². The summed E-state index contributed by atoms with van der Waals surface area (Å²) in [5.74, 6) is 1.38. The Morgan fingerprint density at radius 2 is 2.19 bits per heavy atom. The number of nitrogens with one attached hydrogen (secondary N) is 1. The first-order chi connectivity index (χ1) is 7.38. The highest BCUT2D eigenvalue weighted by atomic mass is 16.5. The third kappa shape index (κ3) is 4.49. The van der Waals surface area contributed by atoms with E-state index in [1.54, 1.807) is 20.0 Å². The zero-order valence-corrected chi connectivity index (χ0v) is 10.3. The SMILES string of the molecule is CC(C)Oc1cccnc1NCC(C)(C)O. The maximum atomic E-state index is 9.62. The first-order valence-corrected chi connectivity index (χ1v) is 5.46. The molecule has 1 rings (SSSR count). The lowest BCUT2D eigenvalue weighted by Crippen LogP contribution is -2.29. The van der Waals surface area contributed by atoms with Crippen LogP contribution in [0.1, 0.15) is 27.7 Å². The number of nitrogens with zero attached hydrogens (tertiary/aromatic N) is 1. The largest absolute Gasteiger partial charge is 0.487 e. The maximum Gasteiger partial charge on any atom is 0.168 e. The standard InChI is InChI=1S/C12H20N2O2/c1-9(2)16-10-6-5-7-13-11(10)14-8-12(3,4)15/h5-7,9,15H,8H2,1-4H3,(H,13,14). The van der Waals surface area contributed by atoms with Crippen molar-refractivity contribution in [3.63, 3.8) is 0 Å². The molecule has 4 nitrogen and oxygen atoms in total. The monoisotopic (exact) mass is 224 g/mol. The Morgan fingerprint density at radius 1 is 1.50 bits per heavy atom. The van der Waals surface area contributed by atoms with Crippen LogP contribution < -0.4 is 10.1 Å². The summed E-state index contributed by atoms with van der Waals surface area (Å²) in [7, 11) is 0. The van der Waals surface area contributed by atoms with E-state index in [0.29, 0.717) is 18.1 Å². The highest BCUT2D eigenvalue weighted by molar-refractivity contribution is 5.49. The summed E-state index contributed by atoms with van der Waals surface area (Å²) in [6, 6.07) is 3.69. The van der Waals surface area contributed by atoms with Gasteiger partial charge >= 0.3 is 0 Å². The Bertz CT molecular complexity index is 332. The average Bonchev–Trinajstić information content (AvgIpc) is 2.14. The van der Waals surface area contributed by atoms with Crippen molar-refractivity contribution >= 4 is 5.82 Å². The molecule has 1 heterocycles. The van der Waals surface area contributed by atoms with Crippen LogP contribution in [0.5, 0.6) is 5.75 Å². The minimum absolute atomic E-state index is 0.104. The molecule has 0 aromatic carbocycles. The summed E-state index contributed by atoms with van der Waals surface area (Å²) in [6.07, 6.45) is 1.80. The Labute approximate surface area is 96.7 Å². The van der Waals surface area contributed by atoms with Crippen molar-refractivity contribution in [2.24, 2.45) is 0 Å². The minimum Gasteiger partial charge on any atom is -0.487 e. The van der Waals surface area contributed by atoms with Crippen molar-refractivity contribution in [2.45, 2.75) is 39.4 Å². The molecule has 16 heavy (non-hydrogen) atoms. The van der Waals surface area contributed by atoms with E-state index >= 15 is 0 Å². The molecule has 0 aliphatic rings. The van der Waals surface area contributed by atoms with Gasteiger partial charge in [0.2, 0.25) is 0 Å². The topological polar surface area (TPSA) is 54.4 Å². The molecule has 0 radical (unpaired) electrons. The van der Waals surface area contributed by atoms with E-state index in [4.69, 9.17) is 4.74 Å². The molecule has 2 N–H and O–H groups in total. The molecular weight excluding hydrogens is 204 g/mol. The van der Waals surface area contributed by atoms with Crippen molar-refractivity contribution < 1.29 is 9.84 Å². The lowest BCUT2D eigenvalue weighted by atomic mass is 10.1. The molecule has 4 heteroatoms. The zero-order valence-electron chi connectivity index (χ0n) is 10.3. The summed E-state index contributed by atoms with van der Waals surface area (Å²) in [6.45, 7) is 7.84. The molecule has 0 amide bonds. The fourth-order valence-corrected chi connectivity index (χ4v) is 1.17. The third-order valence-corrected chi connectivity index (χ3v) is 1.82. The van der Waals surface area contributed by atoms with Crippen LogP contribution in [0.2, 0.25) is 0 Å². The van der Waals surface area contributed by atoms with E-state index in [0.717, 1.165) is 0 Å². The number of hydrogen-bond donors (Lipinski definition) is 2. The Kier molecular flexibility index (Phi) is 4.12. The van der Waals surface area contributed by atoms with E-state index in [-0.39, 0.29) is 6.10 Å². The highest BCUT2D eigenvalue weighted by Gasteiger charge is 2.14. The molecule has 0 aliphatic carbocycles. The molecule has 0 saturated heterocycles. The molecule has 0 atom stereocenters. The van der Waals surface area contributed by atoms with E-state index in [1.165, 1.54) is 0 Å². The second-order valence-corrected chi connectivity index (χ2v) is 4.68. The second kappa shape index (κ2) is 5.16. The Balaban J connectivity index is 2.71. The van der Waals surface area contributed by atoms with Crippen LogP contribution in [0, 0.1) is 0 Å². The highest BCUT2D eigenvalue weighted by Crippen LogP contribution is 2.22. The van der Waals surface area contributed by atoms with Gasteiger partial charge in [-0.2, -0.15) is 0 Å². The van der Waals surface area contributed by atoms with Crippen LogP contribution in [0.4, 0.5) is 5.82 Å². The van der Waals surface area contributed by atoms with E-state index < -0.39 is 5.60 Å². The van der Waals surface area contributed by atoms with Crippen molar-refractivity contribution in [3.8, 4) is 5.75 Å². The molecule has 1 aromatic rings. The van der Waals surface area contributed by atoms with Gasteiger partial charge in [-0.15, -0.1) is 0 Å².